The predicted molar refractivity (Wildman–Crippen MR) is 110 cm³/mol. The third kappa shape index (κ3) is 6.77. The van der Waals surface area contributed by atoms with Crippen LogP contribution in [0, 0.1) is 0 Å². The number of ether oxygens (including phenoxy) is 2. The molecule has 0 aliphatic heterocycles. The number of para-hydroxylation sites is 1. The maximum Gasteiger partial charge on any atom is 0.259 e. The molecule has 4 N–H and O–H groups in total. The van der Waals surface area contributed by atoms with Crippen molar-refractivity contribution in [2.75, 3.05) is 38.7 Å². The predicted octanol–water partition coefficient (Wildman–Crippen LogP) is 1.62. The van der Waals surface area contributed by atoms with E-state index in [1.54, 1.807) is 43.5 Å². The average Bonchev–Trinajstić information content (AvgIpc) is 2.67. The molecule has 0 saturated carbocycles. The van der Waals surface area contributed by atoms with Gasteiger partial charge in [0, 0.05) is 25.9 Å². The molecule has 0 fully saturated rings. The summed E-state index contributed by atoms with van der Waals surface area (Å²) in [5.41, 5.74) is 6.01. The van der Waals surface area contributed by atoms with Crippen LogP contribution < -0.4 is 20.5 Å². The monoisotopic (exact) mass is 429 g/mol. The fourth-order valence-electron chi connectivity index (χ4n) is 2.23. The molecule has 0 bridgehead atoms. The molecule has 2 aromatic carbocycles. The van der Waals surface area contributed by atoms with Crippen LogP contribution in [0.4, 0.5) is 5.69 Å². The Morgan fingerprint density at radius 2 is 1.86 bits per heavy atom. The molecule has 0 unspecified atom stereocenters. The van der Waals surface area contributed by atoms with Crippen molar-refractivity contribution in [2.45, 2.75) is 4.90 Å². The molecule has 0 heterocycles. The van der Waals surface area contributed by atoms with Gasteiger partial charge in [0.25, 0.3) is 5.91 Å². The summed E-state index contributed by atoms with van der Waals surface area (Å²) in [6.07, 6.45) is 0. The van der Waals surface area contributed by atoms with Crippen LogP contribution in [-0.4, -0.2) is 47.7 Å². The number of hydrogen-bond acceptors (Lipinski definition) is 6. The Morgan fingerprint density at radius 3 is 2.57 bits per heavy atom. The summed E-state index contributed by atoms with van der Waals surface area (Å²) in [7, 11) is -2.13. The lowest BCUT2D eigenvalue weighted by molar-refractivity contribution is 0.101. The first-order chi connectivity index (χ1) is 13.0. The smallest absolute Gasteiger partial charge is 0.259 e. The second-order valence-corrected chi connectivity index (χ2v) is 7.27. The minimum atomic E-state index is -3.69. The van der Waals surface area contributed by atoms with Gasteiger partial charge in [-0.1, -0.05) is 18.2 Å². The summed E-state index contributed by atoms with van der Waals surface area (Å²) in [5.74, 6) is 0.00733. The van der Waals surface area contributed by atoms with E-state index in [0.717, 1.165) is 0 Å². The number of anilines is 1. The fourth-order valence-corrected chi connectivity index (χ4v) is 3.32. The maximum absolute atomic E-state index is 12.6. The molecule has 0 aromatic heterocycles. The number of nitrogens with one attached hydrogen (secondary N) is 2. The van der Waals surface area contributed by atoms with Crippen LogP contribution in [0.1, 0.15) is 10.4 Å². The maximum atomic E-state index is 12.6. The van der Waals surface area contributed by atoms with Gasteiger partial charge in [-0.05, 0) is 30.3 Å². The number of nitrogens with two attached hydrogens (primary N) is 1. The van der Waals surface area contributed by atoms with Gasteiger partial charge in [-0.15, -0.1) is 12.4 Å². The average molecular weight is 430 g/mol. The van der Waals surface area contributed by atoms with E-state index in [4.69, 9.17) is 15.2 Å². The molecule has 2 aromatic rings. The van der Waals surface area contributed by atoms with E-state index in [1.165, 1.54) is 12.1 Å². The second-order valence-electron chi connectivity index (χ2n) is 5.51. The molecule has 0 saturated heterocycles. The van der Waals surface area contributed by atoms with Crippen molar-refractivity contribution in [3.63, 3.8) is 0 Å². The zero-order valence-electron chi connectivity index (χ0n) is 15.4. The summed E-state index contributed by atoms with van der Waals surface area (Å²) in [6, 6.07) is 12.8. The third-order valence-corrected chi connectivity index (χ3v) is 4.97. The van der Waals surface area contributed by atoms with Gasteiger partial charge in [0.2, 0.25) is 10.0 Å². The standard InChI is InChI=1S/C18H23N3O5S.ClH/c1-25-11-12-26-17-8-3-2-7-16(17)18(22)21-14-5-4-6-15(13-14)27(23,24)20-10-9-19;/h2-8,13,20H,9-12,19H2,1H3,(H,21,22);1H. The molecule has 10 heteroatoms. The first kappa shape index (κ1) is 23.9. The summed E-state index contributed by atoms with van der Waals surface area (Å²) >= 11 is 0. The number of benzene rings is 2. The van der Waals surface area contributed by atoms with Crippen LogP contribution >= 0.6 is 12.4 Å². The molecule has 0 aliphatic rings. The lowest BCUT2D eigenvalue weighted by Gasteiger charge is -2.12. The van der Waals surface area contributed by atoms with Gasteiger partial charge in [-0.3, -0.25) is 4.79 Å². The van der Waals surface area contributed by atoms with Crippen LogP contribution in [0.3, 0.4) is 0 Å². The lowest BCUT2D eigenvalue weighted by Crippen LogP contribution is -2.29. The van der Waals surface area contributed by atoms with E-state index in [1.807, 2.05) is 0 Å². The third-order valence-electron chi connectivity index (χ3n) is 3.52. The SMILES string of the molecule is COCCOc1ccccc1C(=O)Nc1cccc(S(=O)(=O)NCCN)c1.Cl. The molecule has 154 valence electrons. The number of hydrogen-bond donors (Lipinski definition) is 3. The quantitative estimate of drug-likeness (QED) is 0.494. The van der Waals surface area contributed by atoms with Gasteiger partial charge >= 0.3 is 0 Å². The number of sulfonamides is 1. The van der Waals surface area contributed by atoms with Gasteiger partial charge in [0.1, 0.15) is 12.4 Å². The Labute approximate surface area is 170 Å². The Bertz CT molecular complexity index is 877. The molecule has 0 spiro atoms. The number of methoxy groups -OCH3 is 1. The van der Waals surface area contributed by atoms with Crippen LogP contribution in [0.5, 0.6) is 5.75 Å². The second kappa shape index (κ2) is 11.6. The number of carbonyl (C=O) groups is 1. The number of amides is 1. The van der Waals surface area contributed by atoms with Gasteiger partial charge in [0.15, 0.2) is 0 Å². The topological polar surface area (TPSA) is 120 Å². The first-order valence-corrected chi connectivity index (χ1v) is 9.78. The van der Waals surface area contributed by atoms with Crippen LogP contribution in [0.2, 0.25) is 0 Å². The Kier molecular flexibility index (Phi) is 9.91. The first-order valence-electron chi connectivity index (χ1n) is 8.30. The Morgan fingerprint density at radius 1 is 1.11 bits per heavy atom. The highest BCUT2D eigenvalue weighted by atomic mass is 35.5. The lowest BCUT2D eigenvalue weighted by atomic mass is 10.2. The van der Waals surface area contributed by atoms with Gasteiger partial charge in [-0.25, -0.2) is 13.1 Å². The number of halogens is 1. The summed E-state index contributed by atoms with van der Waals surface area (Å²) < 4.78 is 37.2. The molecular formula is C18H24ClN3O5S. The summed E-state index contributed by atoms with van der Waals surface area (Å²) in [5, 5.41) is 2.69. The van der Waals surface area contributed by atoms with E-state index >= 15 is 0 Å². The summed E-state index contributed by atoms with van der Waals surface area (Å²) in [6.45, 7) is 1.02. The van der Waals surface area contributed by atoms with E-state index in [2.05, 4.69) is 10.0 Å². The zero-order valence-corrected chi connectivity index (χ0v) is 17.0. The highest BCUT2D eigenvalue weighted by Gasteiger charge is 2.16. The van der Waals surface area contributed by atoms with Crippen molar-refractivity contribution in [1.82, 2.24) is 4.72 Å². The van der Waals surface area contributed by atoms with Crippen molar-refractivity contribution in [2.24, 2.45) is 5.73 Å². The van der Waals surface area contributed by atoms with E-state index < -0.39 is 15.9 Å². The van der Waals surface area contributed by atoms with Crippen molar-refractivity contribution in [3.05, 3.63) is 54.1 Å². The molecule has 0 aliphatic carbocycles. The molecule has 0 atom stereocenters. The molecule has 8 nitrogen and oxygen atoms in total. The largest absolute Gasteiger partial charge is 0.490 e. The Hall–Kier alpha value is -2.17. The van der Waals surface area contributed by atoms with Gasteiger partial charge in [0.05, 0.1) is 17.1 Å². The highest BCUT2D eigenvalue weighted by Crippen LogP contribution is 2.21. The molecular weight excluding hydrogens is 406 g/mol. The fraction of sp³-hybridized carbons (Fsp3) is 0.278. The van der Waals surface area contributed by atoms with Crippen molar-refractivity contribution < 1.29 is 22.7 Å². The van der Waals surface area contributed by atoms with Crippen LogP contribution in [-0.2, 0) is 14.8 Å². The molecule has 1 amide bonds. The zero-order chi connectivity index (χ0) is 19.7. The van der Waals surface area contributed by atoms with Crippen LogP contribution in [0.15, 0.2) is 53.4 Å². The number of carbonyl (C=O) groups excluding carboxylic acids is 1. The van der Waals surface area contributed by atoms with E-state index in [9.17, 15) is 13.2 Å². The van der Waals surface area contributed by atoms with E-state index in [0.29, 0.717) is 30.2 Å². The molecule has 2 rings (SSSR count). The normalized spacial score (nSPS) is 10.8. The van der Waals surface area contributed by atoms with Crippen molar-refractivity contribution in [3.8, 4) is 5.75 Å². The molecule has 0 radical (unpaired) electrons. The molecule has 28 heavy (non-hydrogen) atoms. The van der Waals surface area contributed by atoms with Crippen LogP contribution in [0.25, 0.3) is 0 Å². The van der Waals surface area contributed by atoms with Crippen molar-refractivity contribution in [1.29, 1.82) is 0 Å². The van der Waals surface area contributed by atoms with Crippen molar-refractivity contribution >= 4 is 34.0 Å². The Balaban J connectivity index is 0.00000392. The minimum Gasteiger partial charge on any atom is -0.490 e. The minimum absolute atomic E-state index is 0. The van der Waals surface area contributed by atoms with Gasteiger partial charge < -0.3 is 20.5 Å². The van der Waals surface area contributed by atoms with Gasteiger partial charge in [-0.2, -0.15) is 0 Å². The number of rotatable bonds is 10. The summed E-state index contributed by atoms with van der Waals surface area (Å²) in [4.78, 5) is 12.6. The van der Waals surface area contributed by atoms with E-state index in [-0.39, 0.29) is 30.4 Å². The highest BCUT2D eigenvalue weighted by molar-refractivity contribution is 7.89.